The summed E-state index contributed by atoms with van der Waals surface area (Å²) in [5, 5.41) is 15.1. The van der Waals surface area contributed by atoms with Crippen LogP contribution in [0.3, 0.4) is 0 Å². The van der Waals surface area contributed by atoms with Crippen LogP contribution in [-0.2, 0) is 4.74 Å². The molecule has 4 rings (SSSR count). The van der Waals surface area contributed by atoms with Crippen LogP contribution in [-0.4, -0.2) is 35.1 Å². The van der Waals surface area contributed by atoms with Crippen LogP contribution in [0.15, 0.2) is 60.7 Å². The average molecular weight is 399 g/mol. The number of carbonyl (C=O) groups excluding carboxylic acids is 1. The van der Waals surface area contributed by atoms with E-state index in [0.29, 0.717) is 23.8 Å². The molecule has 30 heavy (non-hydrogen) atoms. The Labute approximate surface area is 174 Å². The van der Waals surface area contributed by atoms with Crippen molar-refractivity contribution in [2.24, 2.45) is 0 Å². The van der Waals surface area contributed by atoms with Gasteiger partial charge in [-0.15, -0.1) is 0 Å². The quantitative estimate of drug-likeness (QED) is 0.656. The highest BCUT2D eigenvalue weighted by Crippen LogP contribution is 2.21. The molecule has 0 spiro atoms. The molecule has 0 aliphatic carbocycles. The van der Waals surface area contributed by atoms with E-state index in [1.165, 1.54) is 0 Å². The van der Waals surface area contributed by atoms with Crippen LogP contribution < -0.4 is 10.6 Å². The number of anilines is 2. The predicted molar refractivity (Wildman–Crippen MR) is 113 cm³/mol. The van der Waals surface area contributed by atoms with E-state index in [2.05, 4.69) is 26.7 Å². The van der Waals surface area contributed by atoms with Crippen molar-refractivity contribution in [3.05, 3.63) is 71.9 Å². The summed E-state index contributed by atoms with van der Waals surface area (Å²) in [6.07, 6.45) is 2.02. The lowest BCUT2D eigenvalue weighted by Crippen LogP contribution is -2.32. The minimum atomic E-state index is -0.270. The first-order valence-electron chi connectivity index (χ1n) is 9.83. The second-order valence-corrected chi connectivity index (χ2v) is 6.99. The first kappa shape index (κ1) is 19.6. The molecule has 1 aliphatic rings. The molecule has 1 unspecified atom stereocenters. The van der Waals surface area contributed by atoms with Gasteiger partial charge in [0.05, 0.1) is 17.7 Å². The van der Waals surface area contributed by atoms with Gasteiger partial charge in [-0.2, -0.15) is 5.26 Å². The molecule has 7 nitrogen and oxygen atoms in total. The minimum Gasteiger partial charge on any atom is -0.376 e. The lowest BCUT2D eigenvalue weighted by atomic mass is 10.2. The summed E-state index contributed by atoms with van der Waals surface area (Å²) in [5.74, 6) is 0.681. The van der Waals surface area contributed by atoms with Crippen molar-refractivity contribution in [2.45, 2.75) is 18.9 Å². The number of benzene rings is 2. The second kappa shape index (κ2) is 9.16. The standard InChI is InChI=1S/C23H21N5O2/c24-14-16-8-10-18(11-9-16)26-21-13-20(23(29)25-15-19-7-4-12-30-19)27-22(28-21)17-5-2-1-3-6-17/h1-3,5-6,8-11,13,19H,4,7,12,15H2,(H,25,29)(H,26,27,28). The Morgan fingerprint density at radius 1 is 1.13 bits per heavy atom. The molecule has 1 amide bonds. The largest absolute Gasteiger partial charge is 0.376 e. The summed E-state index contributed by atoms with van der Waals surface area (Å²) in [4.78, 5) is 21.8. The van der Waals surface area contributed by atoms with Crippen LogP contribution in [0.1, 0.15) is 28.9 Å². The third kappa shape index (κ3) is 4.80. The SMILES string of the molecule is N#Cc1ccc(Nc2cc(C(=O)NCC3CCCO3)nc(-c3ccccc3)n2)cc1. The van der Waals surface area contributed by atoms with Crippen molar-refractivity contribution in [3.8, 4) is 17.5 Å². The van der Waals surface area contributed by atoms with E-state index in [1.54, 1.807) is 30.3 Å². The molecule has 2 N–H and O–H groups in total. The van der Waals surface area contributed by atoms with Crippen molar-refractivity contribution in [3.63, 3.8) is 0 Å². The molecule has 0 saturated carbocycles. The summed E-state index contributed by atoms with van der Waals surface area (Å²) in [7, 11) is 0. The van der Waals surface area contributed by atoms with Gasteiger partial charge in [-0.25, -0.2) is 9.97 Å². The summed E-state index contributed by atoms with van der Waals surface area (Å²) >= 11 is 0. The number of nitriles is 1. The summed E-state index contributed by atoms with van der Waals surface area (Å²) < 4.78 is 5.57. The molecule has 1 aliphatic heterocycles. The molecule has 1 atom stereocenters. The van der Waals surface area contributed by atoms with E-state index in [9.17, 15) is 4.79 Å². The van der Waals surface area contributed by atoms with Crippen molar-refractivity contribution in [2.75, 3.05) is 18.5 Å². The highest BCUT2D eigenvalue weighted by Gasteiger charge is 2.18. The van der Waals surface area contributed by atoms with Crippen LogP contribution in [0.4, 0.5) is 11.5 Å². The Morgan fingerprint density at radius 2 is 1.93 bits per heavy atom. The molecule has 1 saturated heterocycles. The van der Waals surface area contributed by atoms with E-state index in [4.69, 9.17) is 10.00 Å². The molecule has 1 fully saturated rings. The maximum atomic E-state index is 12.8. The molecule has 150 valence electrons. The van der Waals surface area contributed by atoms with Gasteiger partial charge in [0.15, 0.2) is 5.82 Å². The Balaban J connectivity index is 1.60. The van der Waals surface area contributed by atoms with Crippen LogP contribution in [0.5, 0.6) is 0 Å². The molecule has 1 aromatic heterocycles. The van der Waals surface area contributed by atoms with E-state index in [-0.39, 0.29) is 17.7 Å². The molecular formula is C23H21N5O2. The fraction of sp³-hybridized carbons (Fsp3) is 0.217. The van der Waals surface area contributed by atoms with Crippen molar-refractivity contribution in [1.29, 1.82) is 5.26 Å². The Kier molecular flexibility index (Phi) is 5.97. The Morgan fingerprint density at radius 3 is 2.63 bits per heavy atom. The van der Waals surface area contributed by atoms with Gasteiger partial charge in [0.25, 0.3) is 5.91 Å². The van der Waals surface area contributed by atoms with Gasteiger partial charge in [0, 0.05) is 30.5 Å². The third-order valence-electron chi connectivity index (χ3n) is 4.79. The second-order valence-electron chi connectivity index (χ2n) is 6.99. The summed E-state index contributed by atoms with van der Waals surface area (Å²) in [6, 6.07) is 20.2. The number of aromatic nitrogens is 2. The number of amides is 1. The highest BCUT2D eigenvalue weighted by molar-refractivity contribution is 5.93. The molecular weight excluding hydrogens is 378 g/mol. The van der Waals surface area contributed by atoms with Gasteiger partial charge in [0.2, 0.25) is 0 Å². The van der Waals surface area contributed by atoms with Gasteiger partial charge in [-0.1, -0.05) is 30.3 Å². The topological polar surface area (TPSA) is 99.9 Å². The van der Waals surface area contributed by atoms with Gasteiger partial charge in [-0.3, -0.25) is 4.79 Å². The van der Waals surface area contributed by atoms with E-state index >= 15 is 0 Å². The maximum absolute atomic E-state index is 12.8. The first-order chi connectivity index (χ1) is 14.7. The lowest BCUT2D eigenvalue weighted by Gasteiger charge is -2.13. The zero-order valence-corrected chi connectivity index (χ0v) is 16.3. The lowest BCUT2D eigenvalue weighted by molar-refractivity contribution is 0.0853. The van der Waals surface area contributed by atoms with E-state index in [1.807, 2.05) is 30.3 Å². The summed E-state index contributed by atoms with van der Waals surface area (Å²) in [6.45, 7) is 1.20. The van der Waals surface area contributed by atoms with Crippen LogP contribution in [0, 0.1) is 11.3 Å². The summed E-state index contributed by atoms with van der Waals surface area (Å²) in [5.41, 5.74) is 2.42. The predicted octanol–water partition coefficient (Wildman–Crippen LogP) is 3.67. The third-order valence-corrected chi connectivity index (χ3v) is 4.79. The van der Waals surface area contributed by atoms with Gasteiger partial charge in [0.1, 0.15) is 11.5 Å². The van der Waals surface area contributed by atoms with Crippen molar-refractivity contribution >= 4 is 17.4 Å². The average Bonchev–Trinajstić information content (AvgIpc) is 3.32. The first-order valence-corrected chi connectivity index (χ1v) is 9.83. The number of hydrogen-bond donors (Lipinski definition) is 2. The van der Waals surface area contributed by atoms with Crippen LogP contribution in [0.2, 0.25) is 0 Å². The van der Waals surface area contributed by atoms with E-state index in [0.717, 1.165) is 30.7 Å². The number of rotatable bonds is 6. The zero-order chi connectivity index (χ0) is 20.8. The number of carbonyl (C=O) groups is 1. The Bertz CT molecular complexity index is 1060. The zero-order valence-electron chi connectivity index (χ0n) is 16.3. The molecule has 0 bridgehead atoms. The van der Waals surface area contributed by atoms with Gasteiger partial charge in [-0.05, 0) is 37.1 Å². The molecule has 7 heteroatoms. The Hall–Kier alpha value is -3.76. The highest BCUT2D eigenvalue weighted by atomic mass is 16.5. The monoisotopic (exact) mass is 399 g/mol. The molecule has 0 radical (unpaired) electrons. The number of hydrogen-bond acceptors (Lipinski definition) is 6. The van der Waals surface area contributed by atoms with Gasteiger partial charge >= 0.3 is 0 Å². The normalized spacial score (nSPS) is 15.4. The number of nitrogens with one attached hydrogen (secondary N) is 2. The minimum absolute atomic E-state index is 0.0561. The molecule has 3 aromatic rings. The van der Waals surface area contributed by atoms with Crippen molar-refractivity contribution < 1.29 is 9.53 Å². The molecule has 2 aromatic carbocycles. The number of ether oxygens (including phenoxy) is 1. The fourth-order valence-corrected chi connectivity index (χ4v) is 3.22. The van der Waals surface area contributed by atoms with Crippen LogP contribution in [0.25, 0.3) is 11.4 Å². The van der Waals surface area contributed by atoms with Gasteiger partial charge < -0.3 is 15.4 Å². The van der Waals surface area contributed by atoms with Crippen molar-refractivity contribution in [1.82, 2.24) is 15.3 Å². The maximum Gasteiger partial charge on any atom is 0.270 e. The number of nitrogens with zero attached hydrogens (tertiary/aromatic N) is 3. The molecule has 2 heterocycles. The smallest absolute Gasteiger partial charge is 0.270 e. The van der Waals surface area contributed by atoms with E-state index < -0.39 is 0 Å². The van der Waals surface area contributed by atoms with Crippen LogP contribution >= 0.6 is 0 Å². The fourth-order valence-electron chi connectivity index (χ4n) is 3.22.